The third kappa shape index (κ3) is 3.20. The van der Waals surface area contributed by atoms with Crippen LogP contribution in [0.25, 0.3) is 16.8 Å². The van der Waals surface area contributed by atoms with Gasteiger partial charge < -0.3 is 4.74 Å². The molecule has 1 aliphatic heterocycles. The van der Waals surface area contributed by atoms with Gasteiger partial charge in [-0.2, -0.15) is 10.2 Å². The van der Waals surface area contributed by atoms with Crippen molar-refractivity contribution < 1.29 is 18.7 Å². The van der Waals surface area contributed by atoms with Gasteiger partial charge in [-0.15, -0.1) is 5.10 Å². The van der Waals surface area contributed by atoms with E-state index in [1.54, 1.807) is 18.3 Å². The number of nitrogens with zero attached hydrogens (tertiary/aromatic N) is 4. The smallest absolute Gasteiger partial charge is 0.306 e. The number of anilines is 1. The molecular weight excluding hydrogens is 353 g/mol. The van der Waals surface area contributed by atoms with Crippen LogP contribution in [0.2, 0.25) is 0 Å². The molecule has 1 aliphatic rings. The molecule has 8 nitrogen and oxygen atoms in total. The summed E-state index contributed by atoms with van der Waals surface area (Å²) in [6, 6.07) is 9.31. The Kier molecular flexibility index (Phi) is 4.01. The topological polar surface area (TPSA) is 109 Å². The van der Waals surface area contributed by atoms with E-state index in [0.717, 1.165) is 0 Å². The quantitative estimate of drug-likeness (QED) is 0.712. The van der Waals surface area contributed by atoms with E-state index in [1.165, 1.54) is 22.7 Å². The van der Waals surface area contributed by atoms with Crippen LogP contribution in [-0.2, 0) is 14.3 Å². The molecule has 1 fully saturated rings. The summed E-state index contributed by atoms with van der Waals surface area (Å²) in [6.45, 7) is 0. The molecule has 2 aromatic heterocycles. The van der Waals surface area contributed by atoms with Crippen molar-refractivity contribution in [3.05, 3.63) is 47.9 Å². The molecule has 0 saturated carbocycles. The van der Waals surface area contributed by atoms with Gasteiger partial charge >= 0.3 is 5.97 Å². The number of esters is 1. The second kappa shape index (κ2) is 6.49. The molecule has 4 rings (SSSR count). The van der Waals surface area contributed by atoms with Gasteiger partial charge in [0.05, 0.1) is 11.6 Å². The Bertz CT molecular complexity index is 1120. The molecule has 9 heteroatoms. The van der Waals surface area contributed by atoms with Crippen LogP contribution in [0.4, 0.5) is 10.3 Å². The number of aromatic nitrogens is 3. The van der Waals surface area contributed by atoms with Crippen LogP contribution in [0, 0.1) is 17.1 Å². The number of carbonyl (C=O) groups excluding carboxylic acids is 2. The maximum Gasteiger partial charge on any atom is 0.306 e. The number of halogens is 1. The first-order valence-electron chi connectivity index (χ1n) is 8.10. The monoisotopic (exact) mass is 365 g/mol. The fourth-order valence-electron chi connectivity index (χ4n) is 2.81. The zero-order valence-electron chi connectivity index (χ0n) is 13.8. The first-order valence-corrected chi connectivity index (χ1v) is 8.10. The van der Waals surface area contributed by atoms with Gasteiger partial charge in [-0.1, -0.05) is 0 Å². The van der Waals surface area contributed by atoms with Gasteiger partial charge in [-0.05, 0) is 30.3 Å². The van der Waals surface area contributed by atoms with Crippen molar-refractivity contribution in [1.82, 2.24) is 14.6 Å². The van der Waals surface area contributed by atoms with Gasteiger partial charge in [-0.25, -0.2) is 8.91 Å². The Morgan fingerprint density at radius 2 is 2.22 bits per heavy atom. The number of hydrogen-bond donors (Lipinski definition) is 1. The van der Waals surface area contributed by atoms with E-state index < -0.39 is 23.8 Å². The normalized spacial score (nSPS) is 16.1. The summed E-state index contributed by atoms with van der Waals surface area (Å²) >= 11 is 0. The predicted molar refractivity (Wildman–Crippen MR) is 90.8 cm³/mol. The maximum atomic E-state index is 14.1. The summed E-state index contributed by atoms with van der Waals surface area (Å²) in [4.78, 5) is 27.4. The number of ether oxygens (including phenoxy) is 1. The van der Waals surface area contributed by atoms with Crippen molar-refractivity contribution in [2.75, 3.05) is 5.32 Å². The zero-order valence-corrected chi connectivity index (χ0v) is 13.8. The second-order valence-electron chi connectivity index (χ2n) is 5.97. The molecule has 134 valence electrons. The SMILES string of the molecule is N#Cc1ccc(F)c(-c2ccc3nc(NC(=O)[C@@H]4CCC(=O)O4)nn3c2)c1. The average molecular weight is 365 g/mol. The van der Waals surface area contributed by atoms with Gasteiger partial charge in [0.1, 0.15) is 5.82 Å². The number of hydrogen-bond acceptors (Lipinski definition) is 6. The van der Waals surface area contributed by atoms with Crippen LogP contribution in [0.1, 0.15) is 18.4 Å². The third-order valence-electron chi connectivity index (χ3n) is 4.15. The molecule has 1 N–H and O–H groups in total. The van der Waals surface area contributed by atoms with Crippen LogP contribution >= 0.6 is 0 Å². The minimum Gasteiger partial charge on any atom is -0.452 e. The van der Waals surface area contributed by atoms with E-state index >= 15 is 0 Å². The first-order chi connectivity index (χ1) is 13.0. The third-order valence-corrected chi connectivity index (χ3v) is 4.15. The van der Waals surface area contributed by atoms with E-state index in [2.05, 4.69) is 15.4 Å². The number of pyridine rings is 1. The lowest BCUT2D eigenvalue weighted by molar-refractivity contribution is -0.146. The van der Waals surface area contributed by atoms with Crippen molar-refractivity contribution in [1.29, 1.82) is 5.26 Å². The Hall–Kier alpha value is -3.80. The molecule has 0 bridgehead atoms. The molecule has 0 unspecified atom stereocenters. The highest BCUT2D eigenvalue weighted by molar-refractivity contribution is 5.95. The molecule has 0 aliphatic carbocycles. The number of amides is 1. The van der Waals surface area contributed by atoms with Crippen molar-refractivity contribution in [2.45, 2.75) is 18.9 Å². The molecule has 0 radical (unpaired) electrons. The van der Waals surface area contributed by atoms with Crippen LogP contribution in [0.5, 0.6) is 0 Å². The zero-order chi connectivity index (χ0) is 19.0. The largest absolute Gasteiger partial charge is 0.452 e. The highest BCUT2D eigenvalue weighted by Crippen LogP contribution is 2.24. The first kappa shape index (κ1) is 16.7. The summed E-state index contributed by atoms with van der Waals surface area (Å²) in [6.07, 6.45) is 1.22. The number of nitriles is 1. The minimum atomic E-state index is -0.845. The van der Waals surface area contributed by atoms with Crippen molar-refractivity contribution in [3.63, 3.8) is 0 Å². The standard InChI is InChI=1S/C18H12FN5O3/c19-13-3-1-10(8-20)7-12(13)11-2-5-15-21-18(23-24(15)9-11)22-17(26)14-4-6-16(25)27-14/h1-3,5,7,9,14H,4,6H2,(H,22,23,26)/t14-/m0/s1. The summed E-state index contributed by atoms with van der Waals surface area (Å²) in [7, 11) is 0. The lowest BCUT2D eigenvalue weighted by Crippen LogP contribution is -2.27. The van der Waals surface area contributed by atoms with Gasteiger partial charge in [-0.3, -0.25) is 14.9 Å². The van der Waals surface area contributed by atoms with Crippen molar-refractivity contribution >= 4 is 23.5 Å². The fraction of sp³-hybridized carbons (Fsp3) is 0.167. The number of carbonyl (C=O) groups is 2. The molecule has 3 aromatic rings. The number of cyclic esters (lactones) is 1. The Morgan fingerprint density at radius 3 is 2.96 bits per heavy atom. The summed E-state index contributed by atoms with van der Waals surface area (Å²) in [5, 5.41) is 15.6. The molecule has 1 amide bonds. The number of nitrogens with one attached hydrogen (secondary N) is 1. The summed E-state index contributed by atoms with van der Waals surface area (Å²) in [5.41, 5.74) is 1.54. The van der Waals surface area contributed by atoms with E-state index in [0.29, 0.717) is 23.2 Å². The van der Waals surface area contributed by atoms with Crippen molar-refractivity contribution in [3.8, 4) is 17.2 Å². The molecular formula is C18H12FN5O3. The maximum absolute atomic E-state index is 14.1. The Labute approximate surface area is 152 Å². The Morgan fingerprint density at radius 1 is 1.37 bits per heavy atom. The fourth-order valence-corrected chi connectivity index (χ4v) is 2.81. The van der Waals surface area contributed by atoms with Crippen LogP contribution in [0.15, 0.2) is 36.5 Å². The summed E-state index contributed by atoms with van der Waals surface area (Å²) < 4.78 is 20.4. The predicted octanol–water partition coefficient (Wildman–Crippen LogP) is 2.05. The number of rotatable bonds is 3. The molecule has 0 spiro atoms. The van der Waals surface area contributed by atoms with Gasteiger partial charge in [0, 0.05) is 30.2 Å². The number of benzene rings is 1. The lowest BCUT2D eigenvalue weighted by Gasteiger charge is -2.06. The average Bonchev–Trinajstić information content (AvgIpc) is 3.27. The van der Waals surface area contributed by atoms with E-state index in [1.807, 2.05) is 6.07 Å². The Balaban J connectivity index is 1.62. The molecule has 1 atom stereocenters. The van der Waals surface area contributed by atoms with E-state index in [-0.39, 0.29) is 17.9 Å². The number of fused-ring (bicyclic) bond motifs is 1. The van der Waals surface area contributed by atoms with Gasteiger partial charge in [0.15, 0.2) is 11.8 Å². The van der Waals surface area contributed by atoms with Crippen molar-refractivity contribution in [2.24, 2.45) is 0 Å². The van der Waals surface area contributed by atoms with E-state index in [4.69, 9.17) is 10.00 Å². The summed E-state index contributed by atoms with van der Waals surface area (Å²) in [5.74, 6) is -1.33. The molecule has 1 aromatic carbocycles. The van der Waals surface area contributed by atoms with Gasteiger partial charge in [0.2, 0.25) is 5.95 Å². The van der Waals surface area contributed by atoms with Crippen LogP contribution in [-0.4, -0.2) is 32.6 Å². The van der Waals surface area contributed by atoms with Crippen LogP contribution in [0.3, 0.4) is 0 Å². The molecule has 3 heterocycles. The van der Waals surface area contributed by atoms with Crippen LogP contribution < -0.4 is 5.32 Å². The molecule has 27 heavy (non-hydrogen) atoms. The second-order valence-corrected chi connectivity index (χ2v) is 5.97. The highest BCUT2D eigenvalue weighted by atomic mass is 19.1. The highest BCUT2D eigenvalue weighted by Gasteiger charge is 2.30. The van der Waals surface area contributed by atoms with E-state index in [9.17, 15) is 14.0 Å². The lowest BCUT2D eigenvalue weighted by atomic mass is 10.0. The van der Waals surface area contributed by atoms with Gasteiger partial charge in [0.25, 0.3) is 5.91 Å². The minimum absolute atomic E-state index is 0.0475. The molecule has 1 saturated heterocycles.